The van der Waals surface area contributed by atoms with Crippen molar-refractivity contribution < 1.29 is 23.9 Å². The highest BCUT2D eigenvalue weighted by molar-refractivity contribution is 5.89. The van der Waals surface area contributed by atoms with Crippen LogP contribution in [-0.2, 0) is 32.1 Å². The van der Waals surface area contributed by atoms with Crippen LogP contribution in [0.25, 0.3) is 0 Å². The number of alkyl carbamates (subject to hydrolysis) is 1. The van der Waals surface area contributed by atoms with Crippen molar-refractivity contribution in [2.24, 2.45) is 5.92 Å². The van der Waals surface area contributed by atoms with E-state index in [4.69, 9.17) is 14.7 Å². The average molecular weight is 437 g/mol. The van der Waals surface area contributed by atoms with Crippen LogP contribution in [0, 0.1) is 17.2 Å². The number of rotatable bonds is 10. The minimum Gasteiger partial charge on any atom is -0.467 e. The van der Waals surface area contributed by atoms with Crippen molar-refractivity contribution in [3.8, 4) is 6.07 Å². The van der Waals surface area contributed by atoms with Gasteiger partial charge in [-0.15, -0.1) is 0 Å². The number of ether oxygens (including phenoxy) is 2. The zero-order valence-electron chi connectivity index (χ0n) is 18.1. The summed E-state index contributed by atoms with van der Waals surface area (Å²) >= 11 is 0. The van der Waals surface area contributed by atoms with E-state index in [0.717, 1.165) is 11.1 Å². The summed E-state index contributed by atoms with van der Waals surface area (Å²) in [5, 5.41) is 14.2. The fourth-order valence-electron chi connectivity index (χ4n) is 3.00. The van der Waals surface area contributed by atoms with Crippen LogP contribution in [-0.4, -0.2) is 37.2 Å². The van der Waals surface area contributed by atoms with E-state index in [-0.39, 0.29) is 19.4 Å². The smallest absolute Gasteiger partial charge is 0.408 e. The van der Waals surface area contributed by atoms with Gasteiger partial charge in [-0.05, 0) is 24.5 Å². The van der Waals surface area contributed by atoms with E-state index >= 15 is 0 Å². The fourth-order valence-corrected chi connectivity index (χ4v) is 3.00. The molecule has 0 heterocycles. The van der Waals surface area contributed by atoms with Crippen LogP contribution >= 0.6 is 0 Å². The number of nitrogens with one attached hydrogen (secondary N) is 2. The highest BCUT2D eigenvalue weighted by Crippen LogP contribution is 2.09. The second-order valence-corrected chi connectivity index (χ2v) is 7.30. The summed E-state index contributed by atoms with van der Waals surface area (Å²) in [6.07, 6.45) is -0.481. The first-order valence-electron chi connectivity index (χ1n) is 10.2. The summed E-state index contributed by atoms with van der Waals surface area (Å²) in [4.78, 5) is 37.5. The van der Waals surface area contributed by atoms with Crippen LogP contribution in [0.1, 0.15) is 24.5 Å². The summed E-state index contributed by atoms with van der Waals surface area (Å²) in [6.45, 7) is 1.69. The van der Waals surface area contributed by atoms with Crippen molar-refractivity contribution >= 4 is 18.0 Å². The van der Waals surface area contributed by atoms with E-state index in [2.05, 4.69) is 10.6 Å². The SMILES string of the molecule is COC(=O)[C@@H](C[C@H](C)C#N)NC(=O)[C@H](Cc1ccccc1)NC(=O)OCc1ccccc1. The quantitative estimate of drug-likeness (QED) is 0.552. The van der Waals surface area contributed by atoms with Gasteiger partial charge in [0, 0.05) is 12.3 Å². The highest BCUT2D eigenvalue weighted by Gasteiger charge is 2.29. The van der Waals surface area contributed by atoms with Crippen molar-refractivity contribution in [1.82, 2.24) is 10.6 Å². The molecule has 168 valence electrons. The predicted molar refractivity (Wildman–Crippen MR) is 117 cm³/mol. The third-order valence-electron chi connectivity index (χ3n) is 4.72. The molecule has 2 aromatic rings. The Kier molecular flexibility index (Phi) is 9.72. The Morgan fingerprint density at radius 1 is 0.938 bits per heavy atom. The molecular weight excluding hydrogens is 410 g/mol. The first-order valence-corrected chi connectivity index (χ1v) is 10.2. The molecule has 0 bridgehead atoms. The minimum absolute atomic E-state index is 0.0524. The Hall–Kier alpha value is -3.86. The maximum atomic E-state index is 13.0. The van der Waals surface area contributed by atoms with Crippen LogP contribution in [0.5, 0.6) is 0 Å². The third-order valence-corrected chi connectivity index (χ3v) is 4.72. The normalized spacial score (nSPS) is 13.0. The van der Waals surface area contributed by atoms with E-state index in [9.17, 15) is 14.4 Å². The Morgan fingerprint density at radius 3 is 2.09 bits per heavy atom. The summed E-state index contributed by atoms with van der Waals surface area (Å²) < 4.78 is 9.99. The maximum Gasteiger partial charge on any atom is 0.408 e. The largest absolute Gasteiger partial charge is 0.467 e. The number of benzene rings is 2. The van der Waals surface area contributed by atoms with Crippen molar-refractivity contribution in [3.63, 3.8) is 0 Å². The molecule has 32 heavy (non-hydrogen) atoms. The molecule has 3 atom stereocenters. The third kappa shape index (κ3) is 8.11. The van der Waals surface area contributed by atoms with Gasteiger partial charge >= 0.3 is 12.1 Å². The molecule has 0 aliphatic carbocycles. The van der Waals surface area contributed by atoms with E-state index in [1.807, 2.05) is 66.7 Å². The molecule has 0 radical (unpaired) electrons. The number of carbonyl (C=O) groups excluding carboxylic acids is 3. The van der Waals surface area contributed by atoms with E-state index in [0.29, 0.717) is 0 Å². The Bertz CT molecular complexity index is 928. The number of esters is 1. The van der Waals surface area contributed by atoms with Crippen LogP contribution in [0.2, 0.25) is 0 Å². The van der Waals surface area contributed by atoms with Gasteiger partial charge in [0.05, 0.1) is 13.2 Å². The van der Waals surface area contributed by atoms with E-state index < -0.39 is 36.0 Å². The zero-order chi connectivity index (χ0) is 23.3. The van der Waals surface area contributed by atoms with Gasteiger partial charge in [0.15, 0.2) is 0 Å². The highest BCUT2D eigenvalue weighted by atomic mass is 16.5. The topological polar surface area (TPSA) is 118 Å². The lowest BCUT2D eigenvalue weighted by Gasteiger charge is -2.22. The predicted octanol–water partition coefficient (Wildman–Crippen LogP) is 2.73. The lowest BCUT2D eigenvalue weighted by Crippen LogP contribution is -2.53. The average Bonchev–Trinajstić information content (AvgIpc) is 2.82. The van der Waals surface area contributed by atoms with Gasteiger partial charge in [0.1, 0.15) is 18.7 Å². The molecule has 0 fully saturated rings. The number of hydrogen-bond acceptors (Lipinski definition) is 6. The van der Waals surface area contributed by atoms with Gasteiger partial charge < -0.3 is 20.1 Å². The summed E-state index contributed by atoms with van der Waals surface area (Å²) in [6, 6.07) is 18.3. The minimum atomic E-state index is -1.01. The molecule has 2 N–H and O–H groups in total. The van der Waals surface area contributed by atoms with Gasteiger partial charge in [-0.1, -0.05) is 60.7 Å². The molecule has 0 saturated carbocycles. The van der Waals surface area contributed by atoms with Crippen molar-refractivity contribution in [1.29, 1.82) is 5.26 Å². The molecule has 0 spiro atoms. The number of hydrogen-bond donors (Lipinski definition) is 2. The van der Waals surface area contributed by atoms with Gasteiger partial charge in [-0.3, -0.25) is 4.79 Å². The zero-order valence-corrected chi connectivity index (χ0v) is 18.1. The number of nitriles is 1. The number of methoxy groups -OCH3 is 1. The van der Waals surface area contributed by atoms with Gasteiger partial charge in [0.2, 0.25) is 5.91 Å². The van der Waals surface area contributed by atoms with Gasteiger partial charge in [-0.2, -0.15) is 5.26 Å². The Labute approximate surface area is 187 Å². The maximum absolute atomic E-state index is 13.0. The lowest BCUT2D eigenvalue weighted by molar-refractivity contribution is -0.145. The molecule has 0 aliphatic heterocycles. The number of nitrogens with zero attached hydrogens (tertiary/aromatic N) is 1. The monoisotopic (exact) mass is 437 g/mol. The Morgan fingerprint density at radius 2 is 1.53 bits per heavy atom. The molecule has 8 heteroatoms. The Balaban J connectivity index is 2.10. The molecule has 0 saturated heterocycles. The first-order chi connectivity index (χ1) is 15.4. The molecule has 0 aromatic heterocycles. The second-order valence-electron chi connectivity index (χ2n) is 7.30. The van der Waals surface area contributed by atoms with E-state index in [1.165, 1.54) is 7.11 Å². The molecule has 8 nitrogen and oxygen atoms in total. The lowest BCUT2D eigenvalue weighted by atomic mass is 10.0. The molecule has 0 unspecified atom stereocenters. The van der Waals surface area contributed by atoms with Crippen LogP contribution < -0.4 is 10.6 Å². The van der Waals surface area contributed by atoms with Crippen LogP contribution in [0.3, 0.4) is 0 Å². The molecule has 2 amide bonds. The van der Waals surface area contributed by atoms with Gasteiger partial charge in [0.25, 0.3) is 0 Å². The molecule has 2 rings (SSSR count). The summed E-state index contributed by atoms with van der Waals surface area (Å²) in [7, 11) is 1.21. The van der Waals surface area contributed by atoms with Gasteiger partial charge in [-0.25, -0.2) is 9.59 Å². The second kappa shape index (κ2) is 12.7. The summed E-state index contributed by atoms with van der Waals surface area (Å²) in [5.41, 5.74) is 1.62. The first kappa shape index (κ1) is 24.4. The molecule has 2 aromatic carbocycles. The number of amides is 2. The molecule has 0 aliphatic rings. The molecular formula is C24H27N3O5. The standard InChI is InChI=1S/C24H27N3O5/c1-17(15-25)13-21(23(29)31-2)26-22(28)20(14-18-9-5-3-6-10-18)27-24(30)32-16-19-11-7-4-8-12-19/h3-12,17,20-21H,13-14,16H2,1-2H3,(H,26,28)(H,27,30)/t17-,20-,21+/m0/s1. The number of carbonyl (C=O) groups is 3. The fraction of sp³-hybridized carbons (Fsp3) is 0.333. The van der Waals surface area contributed by atoms with Crippen LogP contribution in [0.15, 0.2) is 60.7 Å². The summed E-state index contributed by atoms with van der Waals surface area (Å²) in [5.74, 6) is -1.72. The van der Waals surface area contributed by atoms with Crippen molar-refractivity contribution in [2.75, 3.05) is 7.11 Å². The van der Waals surface area contributed by atoms with Crippen molar-refractivity contribution in [2.45, 2.75) is 38.5 Å². The van der Waals surface area contributed by atoms with Crippen molar-refractivity contribution in [3.05, 3.63) is 71.8 Å². The van der Waals surface area contributed by atoms with E-state index in [1.54, 1.807) is 6.92 Å². The van der Waals surface area contributed by atoms with Crippen LogP contribution in [0.4, 0.5) is 4.79 Å².